The minimum absolute atomic E-state index is 0.227. The molecule has 3 N–H and O–H groups in total. The summed E-state index contributed by atoms with van der Waals surface area (Å²) in [5.74, 6) is 0. The summed E-state index contributed by atoms with van der Waals surface area (Å²) < 4.78 is 0. The van der Waals surface area contributed by atoms with Crippen LogP contribution in [0.5, 0.6) is 0 Å². The molecule has 6 heteroatoms. The van der Waals surface area contributed by atoms with Gasteiger partial charge in [-0.2, -0.15) is 0 Å². The van der Waals surface area contributed by atoms with Crippen LogP contribution in [0.4, 0.5) is 14.8 Å². The minimum atomic E-state index is -0.227. The molecular weight excluding hydrogens is 262 g/mol. The molecule has 0 fully saturated rings. The quantitative estimate of drug-likeness (QED) is 0.736. The maximum atomic E-state index is 11.7. The van der Waals surface area contributed by atoms with Crippen molar-refractivity contribution in [3.05, 3.63) is 48.0 Å². The first-order valence-corrected chi connectivity index (χ1v) is 6.57. The Bertz CT molecular complexity index is 528. The van der Waals surface area contributed by atoms with E-state index in [9.17, 15) is 4.79 Å². The molecule has 100 valence electrons. The molecule has 0 radical (unpaired) electrons. The van der Waals surface area contributed by atoms with Crippen LogP contribution >= 0.6 is 11.3 Å². The first-order valence-electron chi connectivity index (χ1n) is 5.75. The normalized spacial score (nSPS) is 9.95. The molecule has 2 aromatic rings. The van der Waals surface area contributed by atoms with Crippen LogP contribution in [-0.2, 0) is 11.4 Å². The van der Waals surface area contributed by atoms with Crippen molar-refractivity contribution < 1.29 is 9.63 Å². The molecule has 5 nitrogen and oxygen atoms in total. The fraction of sp³-hybridized carbons (Fsp3) is 0.154. The van der Waals surface area contributed by atoms with E-state index < -0.39 is 0 Å². The SMILES string of the molecule is CONc1ccc(NC(=O)NCc2ccccc2)s1. The van der Waals surface area contributed by atoms with Gasteiger partial charge in [0, 0.05) is 6.54 Å². The largest absolute Gasteiger partial charge is 0.334 e. The summed E-state index contributed by atoms with van der Waals surface area (Å²) in [5, 5.41) is 7.15. The average molecular weight is 277 g/mol. The van der Waals surface area contributed by atoms with Crippen molar-refractivity contribution in [2.45, 2.75) is 6.54 Å². The van der Waals surface area contributed by atoms with E-state index in [0.717, 1.165) is 15.6 Å². The standard InChI is InChI=1S/C13H15N3O2S/c1-18-16-12-8-7-11(19-12)15-13(17)14-9-10-5-3-2-4-6-10/h2-8,16H,9H2,1H3,(H2,14,15,17). The summed E-state index contributed by atoms with van der Waals surface area (Å²) >= 11 is 1.40. The molecular formula is C13H15N3O2S. The summed E-state index contributed by atoms with van der Waals surface area (Å²) in [6.07, 6.45) is 0. The summed E-state index contributed by atoms with van der Waals surface area (Å²) in [7, 11) is 1.54. The Hall–Kier alpha value is -2.05. The van der Waals surface area contributed by atoms with Gasteiger partial charge in [-0.15, -0.1) is 0 Å². The molecule has 2 amide bonds. The summed E-state index contributed by atoms with van der Waals surface area (Å²) in [4.78, 5) is 16.5. The molecule has 0 saturated carbocycles. The Morgan fingerprint density at radius 1 is 1.16 bits per heavy atom. The van der Waals surface area contributed by atoms with E-state index in [2.05, 4.69) is 16.1 Å². The Morgan fingerprint density at radius 2 is 1.89 bits per heavy atom. The summed E-state index contributed by atoms with van der Waals surface area (Å²) in [6, 6.07) is 13.2. The van der Waals surface area contributed by atoms with Crippen LogP contribution in [0.25, 0.3) is 0 Å². The van der Waals surface area contributed by atoms with Gasteiger partial charge >= 0.3 is 6.03 Å². The monoisotopic (exact) mass is 277 g/mol. The van der Waals surface area contributed by atoms with Crippen LogP contribution in [0.3, 0.4) is 0 Å². The van der Waals surface area contributed by atoms with Crippen LogP contribution < -0.4 is 16.1 Å². The number of carbonyl (C=O) groups is 1. The highest BCUT2D eigenvalue weighted by atomic mass is 32.1. The van der Waals surface area contributed by atoms with Gasteiger partial charge in [-0.3, -0.25) is 15.6 Å². The predicted molar refractivity (Wildman–Crippen MR) is 77.3 cm³/mol. The minimum Gasteiger partial charge on any atom is -0.334 e. The van der Waals surface area contributed by atoms with Crippen LogP contribution in [0.1, 0.15) is 5.56 Å². The van der Waals surface area contributed by atoms with E-state index >= 15 is 0 Å². The van der Waals surface area contributed by atoms with Gasteiger partial charge in [-0.05, 0) is 17.7 Å². The molecule has 19 heavy (non-hydrogen) atoms. The summed E-state index contributed by atoms with van der Waals surface area (Å²) in [5.41, 5.74) is 3.77. The molecule has 2 rings (SSSR count). The number of amides is 2. The lowest BCUT2D eigenvalue weighted by Gasteiger charge is -2.05. The number of thiophene rings is 1. The van der Waals surface area contributed by atoms with Crippen molar-refractivity contribution in [3.8, 4) is 0 Å². The lowest BCUT2D eigenvalue weighted by molar-refractivity contribution is 0.252. The third-order valence-electron chi connectivity index (χ3n) is 2.34. The Morgan fingerprint density at radius 3 is 2.63 bits per heavy atom. The molecule has 0 atom stereocenters. The van der Waals surface area contributed by atoms with E-state index in [0.29, 0.717) is 6.54 Å². The second-order valence-corrected chi connectivity index (χ2v) is 4.85. The highest BCUT2D eigenvalue weighted by molar-refractivity contribution is 7.20. The second kappa shape index (κ2) is 6.77. The van der Waals surface area contributed by atoms with Crippen molar-refractivity contribution in [1.29, 1.82) is 0 Å². The van der Waals surface area contributed by atoms with E-state index in [-0.39, 0.29) is 6.03 Å². The highest BCUT2D eigenvalue weighted by Gasteiger charge is 2.04. The van der Waals surface area contributed by atoms with Gasteiger partial charge in [-0.1, -0.05) is 41.7 Å². The molecule has 0 aliphatic carbocycles. The molecule has 0 saturated heterocycles. The molecule has 1 heterocycles. The lowest BCUT2D eigenvalue weighted by atomic mass is 10.2. The number of benzene rings is 1. The van der Waals surface area contributed by atoms with Gasteiger partial charge in [0.1, 0.15) is 5.00 Å². The van der Waals surface area contributed by atoms with Crippen LogP contribution in [0.15, 0.2) is 42.5 Å². The fourth-order valence-corrected chi connectivity index (χ4v) is 2.27. The van der Waals surface area contributed by atoms with Crippen LogP contribution in [0.2, 0.25) is 0 Å². The zero-order chi connectivity index (χ0) is 13.5. The van der Waals surface area contributed by atoms with E-state index in [1.54, 1.807) is 7.11 Å². The van der Waals surface area contributed by atoms with Gasteiger partial charge in [-0.25, -0.2) is 4.79 Å². The van der Waals surface area contributed by atoms with E-state index in [4.69, 9.17) is 4.84 Å². The first kappa shape index (κ1) is 13.4. The van der Waals surface area contributed by atoms with Gasteiger partial charge in [0.2, 0.25) is 0 Å². The molecule has 0 aliphatic rings. The zero-order valence-electron chi connectivity index (χ0n) is 10.5. The van der Waals surface area contributed by atoms with Gasteiger partial charge in [0.15, 0.2) is 0 Å². The van der Waals surface area contributed by atoms with Crippen molar-refractivity contribution in [2.24, 2.45) is 0 Å². The number of rotatable bonds is 5. The second-order valence-electron chi connectivity index (χ2n) is 3.76. The topological polar surface area (TPSA) is 62.4 Å². The third-order valence-corrected chi connectivity index (χ3v) is 3.24. The Labute approximate surface area is 115 Å². The van der Waals surface area contributed by atoms with Crippen molar-refractivity contribution in [1.82, 2.24) is 5.32 Å². The number of hydrogen-bond donors (Lipinski definition) is 3. The van der Waals surface area contributed by atoms with Crippen molar-refractivity contribution in [3.63, 3.8) is 0 Å². The fourth-order valence-electron chi connectivity index (χ4n) is 1.49. The molecule has 0 bridgehead atoms. The number of nitrogens with one attached hydrogen (secondary N) is 3. The smallest absolute Gasteiger partial charge is 0.320 e. The van der Waals surface area contributed by atoms with Crippen LogP contribution in [-0.4, -0.2) is 13.1 Å². The maximum Gasteiger partial charge on any atom is 0.320 e. The molecule has 1 aromatic carbocycles. The predicted octanol–water partition coefficient (Wildman–Crippen LogP) is 3.04. The van der Waals surface area contributed by atoms with Gasteiger partial charge < -0.3 is 5.32 Å². The lowest BCUT2D eigenvalue weighted by Crippen LogP contribution is -2.27. The molecule has 0 aliphatic heterocycles. The molecule has 0 spiro atoms. The average Bonchev–Trinajstić information content (AvgIpc) is 2.85. The zero-order valence-corrected chi connectivity index (χ0v) is 11.3. The Balaban J connectivity index is 1.80. The highest BCUT2D eigenvalue weighted by Crippen LogP contribution is 2.26. The number of carbonyl (C=O) groups excluding carboxylic acids is 1. The molecule has 0 unspecified atom stereocenters. The van der Waals surface area contributed by atoms with Crippen molar-refractivity contribution in [2.75, 3.05) is 17.9 Å². The van der Waals surface area contributed by atoms with Crippen LogP contribution in [0, 0.1) is 0 Å². The Kier molecular flexibility index (Phi) is 4.77. The molecule has 1 aromatic heterocycles. The summed E-state index contributed by atoms with van der Waals surface area (Å²) in [6.45, 7) is 0.501. The number of urea groups is 1. The number of hydrogen-bond acceptors (Lipinski definition) is 4. The van der Waals surface area contributed by atoms with E-state index in [1.165, 1.54) is 11.3 Å². The third kappa shape index (κ3) is 4.27. The van der Waals surface area contributed by atoms with E-state index in [1.807, 2.05) is 42.5 Å². The van der Waals surface area contributed by atoms with Gasteiger partial charge in [0.05, 0.1) is 12.1 Å². The van der Waals surface area contributed by atoms with Gasteiger partial charge in [0.25, 0.3) is 0 Å². The first-order chi connectivity index (χ1) is 9.28. The van der Waals surface area contributed by atoms with Crippen molar-refractivity contribution >= 4 is 27.4 Å². The number of anilines is 2. The maximum absolute atomic E-state index is 11.7.